The summed E-state index contributed by atoms with van der Waals surface area (Å²) in [6.07, 6.45) is -3.07. The average Bonchev–Trinajstić information content (AvgIpc) is 2.46. The Kier molecular flexibility index (Phi) is 4.30. The predicted molar refractivity (Wildman–Crippen MR) is 73.3 cm³/mol. The first kappa shape index (κ1) is 15.7. The Morgan fingerprint density at radius 2 is 1.86 bits per heavy atom. The summed E-state index contributed by atoms with van der Waals surface area (Å²) >= 11 is 0. The summed E-state index contributed by atoms with van der Waals surface area (Å²) in [4.78, 5) is 23.6. The number of aromatic nitrogens is 2. The van der Waals surface area contributed by atoms with Crippen molar-refractivity contribution in [2.45, 2.75) is 19.1 Å². The van der Waals surface area contributed by atoms with Crippen molar-refractivity contribution in [3.8, 4) is 0 Å². The lowest BCUT2D eigenvalue weighted by atomic mass is 10.2. The monoisotopic (exact) mass is 311 g/mol. The minimum absolute atomic E-state index is 0.203. The van der Waals surface area contributed by atoms with Gasteiger partial charge in [-0.3, -0.25) is 9.59 Å². The van der Waals surface area contributed by atoms with Gasteiger partial charge in [-0.1, -0.05) is 0 Å². The molecule has 1 amide bonds. The number of halogens is 3. The van der Waals surface area contributed by atoms with Crippen molar-refractivity contribution in [2.24, 2.45) is 0 Å². The van der Waals surface area contributed by atoms with E-state index in [1.807, 2.05) is 0 Å². The van der Waals surface area contributed by atoms with Gasteiger partial charge in [-0.15, -0.1) is 0 Å². The summed E-state index contributed by atoms with van der Waals surface area (Å²) in [5.74, 6) is -0.555. The number of amides is 1. The molecule has 1 unspecified atom stereocenters. The summed E-state index contributed by atoms with van der Waals surface area (Å²) in [7, 11) is 0. The number of carbonyl (C=O) groups is 1. The van der Waals surface area contributed by atoms with E-state index in [0.29, 0.717) is 0 Å². The molecule has 0 saturated heterocycles. The number of benzene rings is 1. The summed E-state index contributed by atoms with van der Waals surface area (Å²) < 4.78 is 38.3. The van der Waals surface area contributed by atoms with Crippen LogP contribution in [0.1, 0.15) is 18.5 Å². The Hall–Kier alpha value is -2.64. The summed E-state index contributed by atoms with van der Waals surface area (Å²) in [5.41, 5.74) is -1.05. The zero-order valence-corrected chi connectivity index (χ0v) is 11.5. The first-order valence-corrected chi connectivity index (χ1v) is 6.31. The third-order valence-electron chi connectivity index (χ3n) is 2.97. The quantitative estimate of drug-likeness (QED) is 0.947. The molecule has 5 nitrogen and oxygen atoms in total. The van der Waals surface area contributed by atoms with Gasteiger partial charge >= 0.3 is 6.18 Å². The third kappa shape index (κ3) is 3.51. The van der Waals surface area contributed by atoms with Crippen LogP contribution in [0.5, 0.6) is 0 Å². The zero-order valence-electron chi connectivity index (χ0n) is 11.5. The number of hydrogen-bond acceptors (Lipinski definition) is 3. The normalized spacial score (nSPS) is 12.7. The Balaban J connectivity index is 2.12. The second-order valence-corrected chi connectivity index (χ2v) is 4.55. The van der Waals surface area contributed by atoms with Crippen molar-refractivity contribution in [3.05, 3.63) is 58.5 Å². The molecular formula is C14H12F3N3O2. The third-order valence-corrected chi connectivity index (χ3v) is 2.97. The highest BCUT2D eigenvalue weighted by atomic mass is 19.4. The highest BCUT2D eigenvalue weighted by Crippen LogP contribution is 2.29. The molecule has 2 aromatic rings. The molecule has 1 heterocycles. The molecule has 0 bridgehead atoms. The Bertz CT molecular complexity index is 723. The van der Waals surface area contributed by atoms with Crippen molar-refractivity contribution in [1.82, 2.24) is 9.78 Å². The first-order valence-electron chi connectivity index (χ1n) is 6.31. The van der Waals surface area contributed by atoms with Gasteiger partial charge in [0, 0.05) is 18.0 Å². The van der Waals surface area contributed by atoms with Gasteiger partial charge in [-0.25, -0.2) is 4.68 Å². The molecule has 1 aromatic carbocycles. The molecule has 1 N–H and O–H groups in total. The van der Waals surface area contributed by atoms with E-state index in [2.05, 4.69) is 10.4 Å². The molecule has 0 fully saturated rings. The van der Waals surface area contributed by atoms with Gasteiger partial charge in [0.05, 0.1) is 5.56 Å². The molecule has 2 rings (SSSR count). The Morgan fingerprint density at radius 1 is 1.23 bits per heavy atom. The zero-order chi connectivity index (χ0) is 16.3. The second-order valence-electron chi connectivity index (χ2n) is 4.55. The van der Waals surface area contributed by atoms with Crippen molar-refractivity contribution in [2.75, 3.05) is 5.32 Å². The van der Waals surface area contributed by atoms with Gasteiger partial charge in [0.1, 0.15) is 6.04 Å². The van der Waals surface area contributed by atoms with Gasteiger partial charge in [0.25, 0.3) is 5.56 Å². The van der Waals surface area contributed by atoms with Crippen LogP contribution in [0.15, 0.2) is 47.4 Å². The summed E-state index contributed by atoms with van der Waals surface area (Å²) in [5, 5.41) is 6.22. The predicted octanol–water partition coefficient (Wildman–Crippen LogP) is 2.46. The van der Waals surface area contributed by atoms with Gasteiger partial charge in [0.15, 0.2) is 0 Å². The number of rotatable bonds is 3. The molecule has 22 heavy (non-hydrogen) atoms. The number of carbonyl (C=O) groups excluding carboxylic acids is 1. The van der Waals surface area contributed by atoms with Crippen LogP contribution in [0.2, 0.25) is 0 Å². The van der Waals surface area contributed by atoms with Crippen LogP contribution in [0.4, 0.5) is 18.9 Å². The van der Waals surface area contributed by atoms with Crippen LogP contribution in [0, 0.1) is 0 Å². The Morgan fingerprint density at radius 3 is 2.41 bits per heavy atom. The molecule has 8 heteroatoms. The van der Waals surface area contributed by atoms with Crippen molar-refractivity contribution in [3.63, 3.8) is 0 Å². The maximum atomic E-state index is 12.4. The SMILES string of the molecule is CC(C(=O)Nc1ccc(C(F)(F)F)cc1)n1ncccc1=O. The van der Waals surface area contributed by atoms with Gasteiger partial charge in [0.2, 0.25) is 5.91 Å². The summed E-state index contributed by atoms with van der Waals surface area (Å²) in [6, 6.07) is 5.84. The minimum Gasteiger partial charge on any atom is -0.324 e. The first-order chi connectivity index (χ1) is 10.3. The van der Waals surface area contributed by atoms with Crippen molar-refractivity contribution >= 4 is 11.6 Å². The van der Waals surface area contributed by atoms with Gasteiger partial charge in [-0.2, -0.15) is 18.3 Å². The van der Waals surface area contributed by atoms with Crippen LogP contribution in [0.3, 0.4) is 0 Å². The topological polar surface area (TPSA) is 64.0 Å². The maximum absolute atomic E-state index is 12.4. The molecule has 1 atom stereocenters. The lowest BCUT2D eigenvalue weighted by molar-refractivity contribution is -0.137. The van der Waals surface area contributed by atoms with E-state index in [0.717, 1.165) is 28.9 Å². The van der Waals surface area contributed by atoms with E-state index < -0.39 is 29.2 Å². The Labute approximate surface area is 123 Å². The van der Waals surface area contributed by atoms with Crippen LogP contribution in [0.25, 0.3) is 0 Å². The van der Waals surface area contributed by atoms with Crippen LogP contribution < -0.4 is 10.9 Å². The van der Waals surface area contributed by atoms with Crippen LogP contribution >= 0.6 is 0 Å². The second kappa shape index (κ2) is 6.00. The number of nitrogens with zero attached hydrogens (tertiary/aromatic N) is 2. The van der Waals surface area contributed by atoms with E-state index >= 15 is 0 Å². The minimum atomic E-state index is -4.43. The fourth-order valence-electron chi connectivity index (χ4n) is 1.76. The molecule has 0 aliphatic rings. The van der Waals surface area contributed by atoms with E-state index in [1.165, 1.54) is 25.3 Å². The standard InChI is InChI=1S/C14H12F3N3O2/c1-9(20-12(21)3-2-8-18-20)13(22)19-11-6-4-10(5-7-11)14(15,16)17/h2-9H,1H3,(H,19,22). The van der Waals surface area contributed by atoms with Crippen molar-refractivity contribution < 1.29 is 18.0 Å². The highest BCUT2D eigenvalue weighted by molar-refractivity contribution is 5.93. The molecule has 116 valence electrons. The number of alkyl halides is 3. The number of nitrogens with one attached hydrogen (secondary N) is 1. The lowest BCUT2D eigenvalue weighted by Gasteiger charge is -2.14. The largest absolute Gasteiger partial charge is 0.416 e. The molecule has 0 radical (unpaired) electrons. The van der Waals surface area contributed by atoms with Gasteiger partial charge in [-0.05, 0) is 37.3 Å². The number of hydrogen-bond donors (Lipinski definition) is 1. The summed E-state index contributed by atoms with van der Waals surface area (Å²) in [6.45, 7) is 1.47. The molecule has 0 spiro atoms. The highest BCUT2D eigenvalue weighted by Gasteiger charge is 2.30. The lowest BCUT2D eigenvalue weighted by Crippen LogP contribution is -2.32. The van der Waals surface area contributed by atoms with Crippen molar-refractivity contribution in [1.29, 1.82) is 0 Å². The fraction of sp³-hybridized carbons (Fsp3) is 0.214. The van der Waals surface area contributed by atoms with E-state index in [-0.39, 0.29) is 5.69 Å². The smallest absolute Gasteiger partial charge is 0.324 e. The molecule has 0 aliphatic carbocycles. The average molecular weight is 311 g/mol. The number of anilines is 1. The molecule has 1 aromatic heterocycles. The van der Waals surface area contributed by atoms with Crippen LogP contribution in [-0.4, -0.2) is 15.7 Å². The molecule has 0 saturated carbocycles. The molecule has 0 aliphatic heterocycles. The van der Waals surface area contributed by atoms with Gasteiger partial charge < -0.3 is 5.32 Å². The fourth-order valence-corrected chi connectivity index (χ4v) is 1.76. The van der Waals surface area contributed by atoms with E-state index in [4.69, 9.17) is 0 Å². The maximum Gasteiger partial charge on any atom is 0.416 e. The van der Waals surface area contributed by atoms with E-state index in [9.17, 15) is 22.8 Å². The van der Waals surface area contributed by atoms with E-state index in [1.54, 1.807) is 0 Å². The van der Waals surface area contributed by atoms with Crippen LogP contribution in [-0.2, 0) is 11.0 Å². The molecular weight excluding hydrogens is 299 g/mol.